The standard InChI is InChI=1S/C10H10Cl2N2O2/c1-6-7(12)3-2-4-8(6)13-10(16)14-9(15)5-11/h2-4H,5H2,1H3,(H2,13,14,15,16). The summed E-state index contributed by atoms with van der Waals surface area (Å²) in [5.41, 5.74) is 1.28. The smallest absolute Gasteiger partial charge is 0.307 e. The Morgan fingerprint density at radius 1 is 1.38 bits per heavy atom. The topological polar surface area (TPSA) is 58.2 Å². The maximum absolute atomic E-state index is 11.3. The van der Waals surface area contributed by atoms with E-state index in [2.05, 4.69) is 10.6 Å². The van der Waals surface area contributed by atoms with Gasteiger partial charge in [0.15, 0.2) is 0 Å². The Kier molecular flexibility index (Phi) is 4.58. The van der Waals surface area contributed by atoms with Crippen LogP contribution in [-0.2, 0) is 4.79 Å². The van der Waals surface area contributed by atoms with Gasteiger partial charge in [-0.3, -0.25) is 10.1 Å². The Hall–Kier alpha value is -1.26. The molecule has 0 aliphatic carbocycles. The van der Waals surface area contributed by atoms with Gasteiger partial charge in [-0.25, -0.2) is 4.79 Å². The van der Waals surface area contributed by atoms with E-state index in [1.807, 2.05) is 0 Å². The summed E-state index contributed by atoms with van der Waals surface area (Å²) in [7, 11) is 0. The first-order valence-corrected chi connectivity index (χ1v) is 5.37. The molecule has 0 saturated heterocycles. The van der Waals surface area contributed by atoms with Crippen LogP contribution in [0.2, 0.25) is 5.02 Å². The summed E-state index contributed by atoms with van der Waals surface area (Å²) in [6.07, 6.45) is 0. The maximum Gasteiger partial charge on any atom is 0.325 e. The number of hydrogen-bond acceptors (Lipinski definition) is 2. The Morgan fingerprint density at radius 2 is 2.06 bits per heavy atom. The van der Waals surface area contributed by atoms with Gasteiger partial charge in [0, 0.05) is 10.7 Å². The minimum absolute atomic E-state index is 0.262. The molecule has 1 aromatic rings. The molecule has 1 aromatic carbocycles. The normalized spacial score (nSPS) is 9.69. The third kappa shape index (κ3) is 3.40. The van der Waals surface area contributed by atoms with Crippen LogP contribution in [0, 0.1) is 6.92 Å². The number of urea groups is 1. The van der Waals surface area contributed by atoms with Crippen molar-refractivity contribution in [2.24, 2.45) is 0 Å². The summed E-state index contributed by atoms with van der Waals surface area (Å²) in [6, 6.07) is 4.47. The summed E-state index contributed by atoms with van der Waals surface area (Å²) in [4.78, 5) is 22.1. The van der Waals surface area contributed by atoms with Crippen molar-refractivity contribution in [2.45, 2.75) is 6.92 Å². The molecule has 0 heterocycles. The predicted molar refractivity (Wildman–Crippen MR) is 64.1 cm³/mol. The molecule has 0 unspecified atom stereocenters. The molecule has 2 N–H and O–H groups in total. The van der Waals surface area contributed by atoms with E-state index in [1.54, 1.807) is 25.1 Å². The zero-order chi connectivity index (χ0) is 12.1. The Bertz CT molecular complexity index is 421. The van der Waals surface area contributed by atoms with Crippen LogP contribution in [0.1, 0.15) is 5.56 Å². The van der Waals surface area contributed by atoms with Gasteiger partial charge in [0.25, 0.3) is 0 Å². The van der Waals surface area contributed by atoms with Gasteiger partial charge in [0.2, 0.25) is 5.91 Å². The fourth-order valence-electron chi connectivity index (χ4n) is 1.06. The van der Waals surface area contributed by atoms with Crippen LogP contribution in [0.4, 0.5) is 10.5 Å². The first-order chi connectivity index (χ1) is 7.54. The van der Waals surface area contributed by atoms with Gasteiger partial charge in [-0.15, -0.1) is 11.6 Å². The zero-order valence-corrected chi connectivity index (χ0v) is 10.0. The van der Waals surface area contributed by atoms with Crippen LogP contribution in [0.3, 0.4) is 0 Å². The molecule has 86 valence electrons. The minimum atomic E-state index is -0.629. The summed E-state index contributed by atoms with van der Waals surface area (Å²) >= 11 is 11.1. The van der Waals surface area contributed by atoms with Crippen LogP contribution >= 0.6 is 23.2 Å². The van der Waals surface area contributed by atoms with Crippen LogP contribution in [-0.4, -0.2) is 17.8 Å². The molecule has 1 rings (SSSR count). The number of halogens is 2. The molecule has 0 aliphatic heterocycles. The minimum Gasteiger partial charge on any atom is -0.307 e. The lowest BCUT2D eigenvalue weighted by molar-refractivity contribution is -0.117. The number of alkyl halides is 1. The first-order valence-electron chi connectivity index (χ1n) is 4.46. The molecule has 0 bridgehead atoms. The van der Waals surface area contributed by atoms with Gasteiger partial charge in [-0.1, -0.05) is 17.7 Å². The Balaban J connectivity index is 2.70. The van der Waals surface area contributed by atoms with Crippen LogP contribution < -0.4 is 10.6 Å². The van der Waals surface area contributed by atoms with Crippen molar-refractivity contribution in [3.8, 4) is 0 Å². The molecular formula is C10H10Cl2N2O2. The average Bonchev–Trinajstić information content (AvgIpc) is 2.24. The molecule has 0 aliphatic rings. The van der Waals surface area contributed by atoms with Gasteiger partial charge in [-0.2, -0.15) is 0 Å². The number of amides is 3. The van der Waals surface area contributed by atoms with Crippen molar-refractivity contribution in [3.05, 3.63) is 28.8 Å². The first kappa shape index (κ1) is 12.8. The second-order valence-electron chi connectivity index (χ2n) is 3.05. The highest BCUT2D eigenvalue weighted by molar-refractivity contribution is 6.32. The quantitative estimate of drug-likeness (QED) is 0.803. The molecule has 0 radical (unpaired) electrons. The summed E-state index contributed by atoms with van der Waals surface area (Å²) < 4.78 is 0. The predicted octanol–water partition coefficient (Wildman–Crippen LogP) is 2.54. The highest BCUT2D eigenvalue weighted by Crippen LogP contribution is 2.22. The van der Waals surface area contributed by atoms with E-state index >= 15 is 0 Å². The zero-order valence-electron chi connectivity index (χ0n) is 8.51. The van der Waals surface area contributed by atoms with E-state index in [0.29, 0.717) is 10.7 Å². The number of nitrogens with one attached hydrogen (secondary N) is 2. The molecule has 0 aromatic heterocycles. The van der Waals surface area contributed by atoms with E-state index in [1.165, 1.54) is 0 Å². The van der Waals surface area contributed by atoms with Gasteiger partial charge < -0.3 is 5.32 Å². The summed E-state index contributed by atoms with van der Waals surface area (Å²) in [5.74, 6) is -0.819. The molecule has 16 heavy (non-hydrogen) atoms. The third-order valence-corrected chi connectivity index (χ3v) is 2.54. The molecule has 0 spiro atoms. The molecular weight excluding hydrogens is 251 g/mol. The molecule has 0 fully saturated rings. The molecule has 6 heteroatoms. The number of rotatable bonds is 2. The number of hydrogen-bond donors (Lipinski definition) is 2. The van der Waals surface area contributed by atoms with Crippen LogP contribution in [0.15, 0.2) is 18.2 Å². The average molecular weight is 261 g/mol. The van der Waals surface area contributed by atoms with Crippen LogP contribution in [0.25, 0.3) is 0 Å². The number of benzene rings is 1. The molecule has 0 atom stereocenters. The third-order valence-electron chi connectivity index (χ3n) is 1.89. The Labute approximate surface area is 103 Å². The lowest BCUT2D eigenvalue weighted by Crippen LogP contribution is -2.35. The van der Waals surface area contributed by atoms with Crippen molar-refractivity contribution in [1.82, 2.24) is 5.32 Å². The van der Waals surface area contributed by atoms with Gasteiger partial charge in [0.1, 0.15) is 5.88 Å². The lowest BCUT2D eigenvalue weighted by atomic mass is 10.2. The van der Waals surface area contributed by atoms with Crippen LogP contribution in [0.5, 0.6) is 0 Å². The van der Waals surface area contributed by atoms with Gasteiger partial charge in [-0.05, 0) is 24.6 Å². The number of carbonyl (C=O) groups is 2. The SMILES string of the molecule is Cc1c(Cl)cccc1NC(=O)NC(=O)CCl. The van der Waals surface area contributed by atoms with Gasteiger partial charge >= 0.3 is 6.03 Å². The van der Waals surface area contributed by atoms with Crippen molar-refractivity contribution in [1.29, 1.82) is 0 Å². The van der Waals surface area contributed by atoms with E-state index in [0.717, 1.165) is 5.56 Å². The number of imide groups is 1. The van der Waals surface area contributed by atoms with Crippen molar-refractivity contribution >= 4 is 40.8 Å². The van der Waals surface area contributed by atoms with E-state index in [9.17, 15) is 9.59 Å². The van der Waals surface area contributed by atoms with E-state index in [-0.39, 0.29) is 5.88 Å². The van der Waals surface area contributed by atoms with E-state index in [4.69, 9.17) is 23.2 Å². The second kappa shape index (κ2) is 5.72. The van der Waals surface area contributed by atoms with Gasteiger partial charge in [0.05, 0.1) is 0 Å². The number of anilines is 1. The van der Waals surface area contributed by atoms with E-state index < -0.39 is 11.9 Å². The monoisotopic (exact) mass is 260 g/mol. The van der Waals surface area contributed by atoms with Crippen molar-refractivity contribution < 1.29 is 9.59 Å². The van der Waals surface area contributed by atoms with Crippen molar-refractivity contribution in [2.75, 3.05) is 11.2 Å². The largest absolute Gasteiger partial charge is 0.325 e. The molecule has 0 saturated carbocycles. The second-order valence-corrected chi connectivity index (χ2v) is 3.72. The highest BCUT2D eigenvalue weighted by atomic mass is 35.5. The van der Waals surface area contributed by atoms with Crippen molar-refractivity contribution in [3.63, 3.8) is 0 Å². The maximum atomic E-state index is 11.3. The molecule has 3 amide bonds. The Morgan fingerprint density at radius 3 is 2.69 bits per heavy atom. The number of carbonyl (C=O) groups excluding carboxylic acids is 2. The lowest BCUT2D eigenvalue weighted by Gasteiger charge is -2.09. The fourth-order valence-corrected chi connectivity index (χ4v) is 1.30. The fraction of sp³-hybridized carbons (Fsp3) is 0.200. The summed E-state index contributed by atoms with van der Waals surface area (Å²) in [6.45, 7) is 1.77. The molecule has 4 nitrogen and oxygen atoms in total. The highest BCUT2D eigenvalue weighted by Gasteiger charge is 2.08. The summed E-state index contributed by atoms with van der Waals surface area (Å²) in [5, 5.41) is 5.11.